The Hall–Kier alpha value is -3.09. The molecule has 0 saturated carbocycles. The summed E-state index contributed by atoms with van der Waals surface area (Å²) in [6.45, 7) is 2.18. The summed E-state index contributed by atoms with van der Waals surface area (Å²) in [6, 6.07) is 10.4. The number of hydrogen-bond acceptors (Lipinski definition) is 4. The van der Waals surface area contributed by atoms with Gasteiger partial charge in [0.15, 0.2) is 0 Å². The Kier molecular flexibility index (Phi) is 4.83. The van der Waals surface area contributed by atoms with E-state index < -0.39 is 5.92 Å². The third-order valence-electron chi connectivity index (χ3n) is 3.98. The van der Waals surface area contributed by atoms with Crippen molar-refractivity contribution in [3.05, 3.63) is 48.4 Å². The Morgan fingerprint density at radius 1 is 1.16 bits per heavy atom. The number of anilines is 2. The normalized spacial score (nSPS) is 16.8. The van der Waals surface area contributed by atoms with Crippen molar-refractivity contribution in [1.29, 1.82) is 0 Å². The highest BCUT2D eigenvalue weighted by atomic mass is 16.3. The van der Waals surface area contributed by atoms with Gasteiger partial charge in [0, 0.05) is 31.3 Å². The topological polar surface area (TPSA) is 91.7 Å². The lowest BCUT2D eigenvalue weighted by Crippen LogP contribution is -2.27. The van der Waals surface area contributed by atoms with Crippen molar-refractivity contribution in [2.45, 2.75) is 19.9 Å². The van der Waals surface area contributed by atoms with Crippen LogP contribution in [0.5, 0.6) is 0 Å². The fourth-order valence-electron chi connectivity index (χ4n) is 2.78. The van der Waals surface area contributed by atoms with Gasteiger partial charge in [-0.2, -0.15) is 0 Å². The minimum atomic E-state index is -0.391. The molecule has 0 radical (unpaired) electrons. The number of rotatable bonds is 5. The van der Waals surface area contributed by atoms with Crippen molar-refractivity contribution in [2.24, 2.45) is 5.92 Å². The van der Waals surface area contributed by atoms with Crippen molar-refractivity contribution in [3.8, 4) is 0 Å². The summed E-state index contributed by atoms with van der Waals surface area (Å²) in [4.78, 5) is 37.1. The SMILES string of the molecule is CC(=O)Nc1ccc(NC(=O)[C@H]2CC(=O)N(Cc3ccco3)C2)cc1. The van der Waals surface area contributed by atoms with Gasteiger partial charge in [-0.05, 0) is 36.4 Å². The molecule has 1 saturated heterocycles. The molecule has 0 bridgehead atoms. The molecule has 7 heteroatoms. The van der Waals surface area contributed by atoms with Gasteiger partial charge in [0.1, 0.15) is 5.76 Å². The van der Waals surface area contributed by atoms with Crippen molar-refractivity contribution >= 4 is 29.1 Å². The van der Waals surface area contributed by atoms with E-state index in [1.807, 2.05) is 0 Å². The second kappa shape index (κ2) is 7.21. The monoisotopic (exact) mass is 341 g/mol. The second-order valence-electron chi connectivity index (χ2n) is 6.00. The Morgan fingerprint density at radius 3 is 2.44 bits per heavy atom. The van der Waals surface area contributed by atoms with Crippen LogP contribution in [-0.2, 0) is 20.9 Å². The molecule has 3 amide bonds. The maximum absolute atomic E-state index is 12.4. The first-order valence-corrected chi connectivity index (χ1v) is 8.00. The number of carbonyl (C=O) groups excluding carboxylic acids is 3. The van der Waals surface area contributed by atoms with Crippen LogP contribution in [0.3, 0.4) is 0 Å². The van der Waals surface area contributed by atoms with E-state index in [1.54, 1.807) is 47.6 Å². The Bertz CT molecular complexity index is 768. The quantitative estimate of drug-likeness (QED) is 0.872. The summed E-state index contributed by atoms with van der Waals surface area (Å²) in [5, 5.41) is 5.47. The van der Waals surface area contributed by atoms with Crippen LogP contribution in [-0.4, -0.2) is 29.2 Å². The van der Waals surface area contributed by atoms with Gasteiger partial charge >= 0.3 is 0 Å². The van der Waals surface area contributed by atoms with Gasteiger partial charge in [-0.3, -0.25) is 14.4 Å². The molecule has 3 rings (SSSR count). The van der Waals surface area contributed by atoms with Gasteiger partial charge in [0.05, 0.1) is 18.7 Å². The third-order valence-corrected chi connectivity index (χ3v) is 3.98. The van der Waals surface area contributed by atoms with E-state index in [4.69, 9.17) is 4.42 Å². The van der Waals surface area contributed by atoms with Crippen LogP contribution in [0.2, 0.25) is 0 Å². The molecule has 1 atom stereocenters. The van der Waals surface area contributed by atoms with Crippen molar-refractivity contribution in [1.82, 2.24) is 4.90 Å². The molecule has 7 nitrogen and oxygen atoms in total. The molecule has 1 aromatic carbocycles. The maximum Gasteiger partial charge on any atom is 0.229 e. The van der Waals surface area contributed by atoms with E-state index in [-0.39, 0.29) is 24.1 Å². The highest BCUT2D eigenvalue weighted by Gasteiger charge is 2.34. The van der Waals surface area contributed by atoms with E-state index in [0.29, 0.717) is 30.2 Å². The summed E-state index contributed by atoms with van der Waals surface area (Å²) in [5.74, 6) is -0.0986. The molecule has 0 spiro atoms. The predicted octanol–water partition coefficient (Wildman–Crippen LogP) is 2.23. The van der Waals surface area contributed by atoms with E-state index in [1.165, 1.54) is 6.92 Å². The highest BCUT2D eigenvalue weighted by Crippen LogP contribution is 2.22. The molecule has 1 fully saturated rings. The average Bonchev–Trinajstić information content (AvgIpc) is 3.20. The Labute approximate surface area is 145 Å². The highest BCUT2D eigenvalue weighted by molar-refractivity contribution is 5.97. The van der Waals surface area contributed by atoms with Gasteiger partial charge in [-0.25, -0.2) is 0 Å². The van der Waals surface area contributed by atoms with Gasteiger partial charge in [-0.1, -0.05) is 0 Å². The second-order valence-corrected chi connectivity index (χ2v) is 6.00. The summed E-state index contributed by atoms with van der Waals surface area (Å²) in [7, 11) is 0. The number of hydrogen-bond donors (Lipinski definition) is 2. The van der Waals surface area contributed by atoms with Crippen LogP contribution < -0.4 is 10.6 Å². The van der Waals surface area contributed by atoms with Crippen LogP contribution in [0.25, 0.3) is 0 Å². The van der Waals surface area contributed by atoms with Crippen molar-refractivity contribution in [2.75, 3.05) is 17.2 Å². The van der Waals surface area contributed by atoms with Crippen LogP contribution >= 0.6 is 0 Å². The lowest BCUT2D eigenvalue weighted by molar-refractivity contribution is -0.128. The van der Waals surface area contributed by atoms with Crippen LogP contribution in [0.15, 0.2) is 47.1 Å². The fourth-order valence-corrected chi connectivity index (χ4v) is 2.78. The molecule has 2 aromatic rings. The molecule has 1 aromatic heterocycles. The van der Waals surface area contributed by atoms with Crippen LogP contribution in [0.1, 0.15) is 19.1 Å². The summed E-state index contributed by atoms with van der Waals surface area (Å²) < 4.78 is 5.25. The summed E-state index contributed by atoms with van der Waals surface area (Å²) in [5.41, 5.74) is 1.28. The molecule has 0 unspecified atom stereocenters. The molecular weight excluding hydrogens is 322 g/mol. The van der Waals surface area contributed by atoms with E-state index in [9.17, 15) is 14.4 Å². The molecule has 2 N–H and O–H groups in total. The molecule has 25 heavy (non-hydrogen) atoms. The van der Waals surface area contributed by atoms with Gasteiger partial charge in [0.25, 0.3) is 0 Å². The number of furan rings is 1. The first-order valence-electron chi connectivity index (χ1n) is 8.00. The number of likely N-dealkylation sites (tertiary alicyclic amines) is 1. The van der Waals surface area contributed by atoms with Gasteiger partial charge in [0.2, 0.25) is 17.7 Å². The Balaban J connectivity index is 1.56. The molecule has 0 aliphatic carbocycles. The minimum absolute atomic E-state index is 0.0578. The van der Waals surface area contributed by atoms with Crippen molar-refractivity contribution < 1.29 is 18.8 Å². The number of carbonyl (C=O) groups is 3. The largest absolute Gasteiger partial charge is 0.467 e. The summed E-state index contributed by atoms with van der Waals surface area (Å²) >= 11 is 0. The fraction of sp³-hybridized carbons (Fsp3) is 0.278. The number of benzene rings is 1. The predicted molar refractivity (Wildman–Crippen MR) is 91.6 cm³/mol. The third kappa shape index (κ3) is 4.26. The Morgan fingerprint density at radius 2 is 1.84 bits per heavy atom. The zero-order valence-corrected chi connectivity index (χ0v) is 13.8. The van der Waals surface area contributed by atoms with Crippen molar-refractivity contribution in [3.63, 3.8) is 0 Å². The lowest BCUT2D eigenvalue weighted by atomic mass is 10.1. The molecule has 1 aliphatic heterocycles. The van der Waals surface area contributed by atoms with E-state index >= 15 is 0 Å². The molecule has 130 valence electrons. The smallest absolute Gasteiger partial charge is 0.229 e. The van der Waals surface area contributed by atoms with Gasteiger partial charge < -0.3 is 20.0 Å². The molecule has 2 heterocycles. The number of amides is 3. The summed E-state index contributed by atoms with van der Waals surface area (Å²) in [6.07, 6.45) is 1.75. The molecule has 1 aliphatic rings. The standard InChI is InChI=1S/C18H19N3O4/c1-12(22)19-14-4-6-15(7-5-14)20-18(24)13-9-17(23)21(10-13)11-16-3-2-8-25-16/h2-8,13H,9-11H2,1H3,(H,19,22)(H,20,24)/t13-/m0/s1. The van der Waals surface area contributed by atoms with Crippen LogP contribution in [0.4, 0.5) is 11.4 Å². The van der Waals surface area contributed by atoms with Crippen LogP contribution in [0, 0.1) is 5.92 Å². The average molecular weight is 341 g/mol. The zero-order chi connectivity index (χ0) is 17.8. The minimum Gasteiger partial charge on any atom is -0.467 e. The van der Waals surface area contributed by atoms with Gasteiger partial charge in [-0.15, -0.1) is 0 Å². The first-order chi connectivity index (χ1) is 12.0. The molecular formula is C18H19N3O4. The number of nitrogens with zero attached hydrogens (tertiary/aromatic N) is 1. The maximum atomic E-state index is 12.4. The lowest BCUT2D eigenvalue weighted by Gasteiger charge is -2.15. The van der Waals surface area contributed by atoms with E-state index in [0.717, 1.165) is 0 Å². The first kappa shape index (κ1) is 16.8. The zero-order valence-electron chi connectivity index (χ0n) is 13.8. The number of nitrogens with one attached hydrogen (secondary N) is 2. The van der Waals surface area contributed by atoms with E-state index in [2.05, 4.69) is 10.6 Å².